The summed E-state index contributed by atoms with van der Waals surface area (Å²) < 4.78 is 11.9. The van der Waals surface area contributed by atoms with Crippen molar-refractivity contribution < 1.29 is 19.6 Å². The molecule has 1 amide bonds. The van der Waals surface area contributed by atoms with Gasteiger partial charge in [0.05, 0.1) is 37.7 Å². The highest BCUT2D eigenvalue weighted by Gasteiger charge is 2.46. The lowest BCUT2D eigenvalue weighted by atomic mass is 9.90. The lowest BCUT2D eigenvalue weighted by Gasteiger charge is -2.28. The summed E-state index contributed by atoms with van der Waals surface area (Å²) in [5.41, 5.74) is 3.22. The first kappa shape index (κ1) is 28.3. The van der Waals surface area contributed by atoms with Crippen molar-refractivity contribution >= 4 is 46.2 Å². The monoisotopic (exact) mass is 571 g/mol. The van der Waals surface area contributed by atoms with Crippen LogP contribution in [0.3, 0.4) is 0 Å². The summed E-state index contributed by atoms with van der Waals surface area (Å²) >= 11 is 12.5. The molecule has 0 aliphatic carbocycles. The van der Waals surface area contributed by atoms with E-state index in [1.807, 2.05) is 38.2 Å². The number of halogens is 2. The number of nitrogens with two attached hydrogens (primary N) is 1. The van der Waals surface area contributed by atoms with Crippen LogP contribution in [0.4, 0.5) is 11.4 Å². The molecule has 1 atom stereocenters. The minimum absolute atomic E-state index is 0.0332. The molecule has 2 aromatic heterocycles. The fraction of sp³-hybridized carbons (Fsp3) is 0.296. The molecule has 0 radical (unpaired) electrons. The first-order chi connectivity index (χ1) is 18.5. The second-order valence-electron chi connectivity index (χ2n) is 9.41. The molecule has 1 unspecified atom stereocenters. The van der Waals surface area contributed by atoms with Crippen molar-refractivity contribution in [2.45, 2.75) is 26.8 Å². The van der Waals surface area contributed by atoms with E-state index < -0.39 is 11.9 Å². The summed E-state index contributed by atoms with van der Waals surface area (Å²) in [5, 5.41) is 11.4. The Kier molecular flexibility index (Phi) is 8.10. The number of aryl methyl sites for hydroxylation is 2. The van der Waals surface area contributed by atoms with Crippen LogP contribution >= 0.6 is 23.2 Å². The number of carbonyl (C=O) groups is 1. The van der Waals surface area contributed by atoms with Crippen LogP contribution in [-0.4, -0.2) is 40.4 Å². The van der Waals surface area contributed by atoms with Gasteiger partial charge >= 0.3 is 6.01 Å². The van der Waals surface area contributed by atoms with Crippen molar-refractivity contribution in [2.24, 2.45) is 13.0 Å². The first-order valence-corrected chi connectivity index (χ1v) is 12.8. The quantitative estimate of drug-likeness (QED) is 0.445. The molecular formula is C27H29Cl2N6O4+. The van der Waals surface area contributed by atoms with Crippen molar-refractivity contribution in [2.75, 3.05) is 19.1 Å². The zero-order chi connectivity index (χ0) is 28.6. The van der Waals surface area contributed by atoms with Gasteiger partial charge in [-0.2, -0.15) is 9.97 Å². The van der Waals surface area contributed by atoms with Crippen molar-refractivity contribution in [3.05, 3.63) is 79.5 Å². The van der Waals surface area contributed by atoms with Crippen molar-refractivity contribution in [1.29, 1.82) is 5.41 Å². The van der Waals surface area contributed by atoms with Gasteiger partial charge in [0.25, 0.3) is 17.3 Å². The number of allylic oxidation sites excluding steroid dienone is 1. The maximum absolute atomic E-state index is 13.8. The minimum Gasteiger partial charge on any atom is -0.477 e. The Bertz CT molecular complexity index is 1540. The Morgan fingerprint density at radius 3 is 2.46 bits per heavy atom. The number of methoxy groups -OCH3 is 2. The number of hydrogen-bond donors (Lipinski definition) is 2. The summed E-state index contributed by atoms with van der Waals surface area (Å²) in [6.45, 7) is 5.85. The number of nitrogens with zero attached hydrogens (tertiary/aromatic N) is 4. The second kappa shape index (κ2) is 11.2. The first-order valence-electron chi connectivity index (χ1n) is 12.1. The zero-order valence-corrected chi connectivity index (χ0v) is 23.9. The SMILES string of the molecule is COc1ncc([NH2+]C(=C2C(=N)C(=O)N(c3cc(Cl)c(=O)n(C)c3)C2c2ccc(Cl)cc2C)C(C)C)c(OC)n1. The van der Waals surface area contributed by atoms with E-state index >= 15 is 0 Å². The summed E-state index contributed by atoms with van der Waals surface area (Å²) in [5.74, 6) is -0.348. The number of quaternary nitrogens is 1. The Morgan fingerprint density at radius 2 is 1.87 bits per heavy atom. The van der Waals surface area contributed by atoms with E-state index in [4.69, 9.17) is 38.1 Å². The van der Waals surface area contributed by atoms with Crippen LogP contribution in [0.2, 0.25) is 10.0 Å². The van der Waals surface area contributed by atoms with Gasteiger partial charge in [0.15, 0.2) is 0 Å². The highest BCUT2D eigenvalue weighted by molar-refractivity contribution is 6.52. The number of hydrogen-bond acceptors (Lipinski definition) is 7. The normalized spacial score (nSPS) is 16.7. The van der Waals surface area contributed by atoms with Crippen LogP contribution in [0.5, 0.6) is 11.9 Å². The molecule has 3 heterocycles. The fourth-order valence-electron chi connectivity index (χ4n) is 4.66. The molecule has 0 spiro atoms. The topological polar surface area (TPSA) is 127 Å². The molecule has 10 nitrogen and oxygen atoms in total. The molecule has 12 heteroatoms. The zero-order valence-electron chi connectivity index (χ0n) is 22.4. The van der Waals surface area contributed by atoms with Gasteiger partial charge in [0.1, 0.15) is 16.4 Å². The fourth-order valence-corrected chi connectivity index (χ4v) is 5.13. The van der Waals surface area contributed by atoms with Crippen LogP contribution in [0.15, 0.2) is 52.7 Å². The average molecular weight is 572 g/mol. The number of anilines is 1. The van der Waals surface area contributed by atoms with Crippen molar-refractivity contribution in [1.82, 2.24) is 14.5 Å². The van der Waals surface area contributed by atoms with Crippen LogP contribution in [0, 0.1) is 18.3 Å². The number of amides is 1. The predicted octanol–water partition coefficient (Wildman–Crippen LogP) is 3.72. The number of aromatic nitrogens is 3. The van der Waals surface area contributed by atoms with Crippen molar-refractivity contribution in [3.63, 3.8) is 0 Å². The number of carbonyl (C=O) groups excluding carboxylic acids is 1. The molecule has 3 aromatic rings. The van der Waals surface area contributed by atoms with E-state index in [1.165, 1.54) is 29.8 Å². The van der Waals surface area contributed by atoms with Gasteiger partial charge in [-0.15, -0.1) is 0 Å². The lowest BCUT2D eigenvalue weighted by molar-refractivity contribution is -0.526. The number of ether oxygens (including phenoxy) is 2. The summed E-state index contributed by atoms with van der Waals surface area (Å²) in [4.78, 5) is 36.1. The van der Waals surface area contributed by atoms with Crippen LogP contribution in [0.25, 0.3) is 0 Å². The molecule has 0 saturated carbocycles. The number of pyridine rings is 1. The van der Waals surface area contributed by atoms with E-state index in [2.05, 4.69) is 9.97 Å². The molecule has 0 bridgehead atoms. The molecule has 39 heavy (non-hydrogen) atoms. The number of nitrogens with one attached hydrogen (secondary N) is 1. The smallest absolute Gasteiger partial charge is 0.319 e. The minimum atomic E-state index is -0.699. The van der Waals surface area contributed by atoms with Gasteiger partial charge in [-0.25, -0.2) is 0 Å². The Morgan fingerprint density at radius 1 is 1.15 bits per heavy atom. The molecule has 3 N–H and O–H groups in total. The molecule has 204 valence electrons. The van der Waals surface area contributed by atoms with E-state index in [1.54, 1.807) is 25.5 Å². The molecule has 1 aliphatic rings. The Balaban J connectivity index is 2.00. The average Bonchev–Trinajstić information content (AvgIpc) is 3.15. The molecule has 4 rings (SSSR count). The van der Waals surface area contributed by atoms with Crippen LogP contribution in [-0.2, 0) is 11.8 Å². The maximum atomic E-state index is 13.8. The van der Waals surface area contributed by atoms with Gasteiger partial charge in [0.2, 0.25) is 5.69 Å². The van der Waals surface area contributed by atoms with Gasteiger partial charge in [-0.1, -0.05) is 43.1 Å². The molecule has 1 aliphatic heterocycles. The number of rotatable bonds is 7. The lowest BCUT2D eigenvalue weighted by Crippen LogP contribution is -2.77. The molecular weight excluding hydrogens is 543 g/mol. The summed E-state index contributed by atoms with van der Waals surface area (Å²) in [6, 6.07) is 6.31. The molecule has 1 saturated heterocycles. The van der Waals surface area contributed by atoms with Crippen LogP contribution in [0.1, 0.15) is 31.0 Å². The van der Waals surface area contributed by atoms with E-state index in [0.29, 0.717) is 22.0 Å². The summed E-state index contributed by atoms with van der Waals surface area (Å²) in [7, 11) is 4.52. The molecule has 1 aromatic carbocycles. The highest BCUT2D eigenvalue weighted by atomic mass is 35.5. The third kappa shape index (κ3) is 5.27. The Labute approximate surface area is 235 Å². The second-order valence-corrected chi connectivity index (χ2v) is 10.2. The Hall–Kier alpha value is -3.73. The third-order valence-corrected chi connectivity index (χ3v) is 7.05. The van der Waals surface area contributed by atoms with Gasteiger partial charge < -0.3 is 14.0 Å². The van der Waals surface area contributed by atoms with Gasteiger partial charge in [-0.3, -0.25) is 25.2 Å². The standard InChI is InChI=1S/C27H28Cl2N6O4/c1-13(2)22(32-19-11-31-27(39-6)33-24(19)38-5)20-21(30)26(37)35(16-10-18(29)25(36)34(4)12-16)23(20)17-8-7-15(28)9-14(17)3/h7-13,23,30,32H,1-6H3/p+1. The van der Waals surface area contributed by atoms with Gasteiger partial charge in [0, 0.05) is 24.2 Å². The third-order valence-electron chi connectivity index (χ3n) is 6.54. The summed E-state index contributed by atoms with van der Waals surface area (Å²) in [6.07, 6.45) is 3.11. The van der Waals surface area contributed by atoms with E-state index in [0.717, 1.165) is 16.8 Å². The maximum Gasteiger partial charge on any atom is 0.319 e. The predicted molar refractivity (Wildman–Crippen MR) is 149 cm³/mol. The van der Waals surface area contributed by atoms with Crippen LogP contribution < -0.4 is 25.2 Å². The molecule has 1 fully saturated rings. The number of benzene rings is 1. The van der Waals surface area contributed by atoms with E-state index in [-0.39, 0.29) is 34.1 Å². The van der Waals surface area contributed by atoms with E-state index in [9.17, 15) is 9.59 Å². The van der Waals surface area contributed by atoms with Crippen molar-refractivity contribution in [3.8, 4) is 11.9 Å². The highest BCUT2D eigenvalue weighted by Crippen LogP contribution is 2.43. The van der Waals surface area contributed by atoms with Gasteiger partial charge in [-0.05, 0) is 36.2 Å². The largest absolute Gasteiger partial charge is 0.477 e.